The minimum atomic E-state index is -0.157. The number of carbonyl (C=O) groups is 1. The van der Waals surface area contributed by atoms with Crippen LogP contribution in [-0.2, 0) is 0 Å². The van der Waals surface area contributed by atoms with Crippen LogP contribution >= 0.6 is 0 Å². The maximum atomic E-state index is 12.5. The fourth-order valence-corrected chi connectivity index (χ4v) is 3.59. The summed E-state index contributed by atoms with van der Waals surface area (Å²) in [6, 6.07) is 19.9. The van der Waals surface area contributed by atoms with Gasteiger partial charge in [-0.1, -0.05) is 31.0 Å². The molecule has 5 rings (SSSR count). The van der Waals surface area contributed by atoms with Crippen LogP contribution in [0.1, 0.15) is 41.9 Å². The van der Waals surface area contributed by atoms with Gasteiger partial charge in [0.1, 0.15) is 5.75 Å². The molecule has 0 atom stereocenters. The van der Waals surface area contributed by atoms with Crippen molar-refractivity contribution in [1.29, 1.82) is 0 Å². The lowest BCUT2D eigenvalue weighted by Crippen LogP contribution is -2.03. The highest BCUT2D eigenvalue weighted by molar-refractivity contribution is 6.08. The summed E-state index contributed by atoms with van der Waals surface area (Å²) < 4.78 is 5.62. The molecule has 2 aromatic carbocycles. The average Bonchev–Trinajstić information content (AvgIpc) is 3.50. The fraction of sp³-hybridized carbons (Fsp3) is 0.240. The number of aromatic nitrogens is 3. The van der Waals surface area contributed by atoms with E-state index in [-0.39, 0.29) is 5.78 Å². The molecule has 158 valence electrons. The van der Waals surface area contributed by atoms with Gasteiger partial charge < -0.3 is 14.8 Å². The number of aliphatic hydroxyl groups is 1. The topological polar surface area (TPSA) is 88.1 Å². The van der Waals surface area contributed by atoms with Gasteiger partial charge in [-0.25, -0.2) is 9.97 Å². The molecular formula is C25H25N3O3. The third-order valence-corrected chi connectivity index (χ3v) is 5.31. The van der Waals surface area contributed by atoms with Gasteiger partial charge in [0.2, 0.25) is 11.7 Å². The molecule has 31 heavy (non-hydrogen) atoms. The van der Waals surface area contributed by atoms with Crippen molar-refractivity contribution >= 4 is 16.8 Å². The van der Waals surface area contributed by atoms with Crippen molar-refractivity contribution < 1.29 is 14.6 Å². The summed E-state index contributed by atoms with van der Waals surface area (Å²) in [5.74, 6) is 1.95. The Bertz CT molecular complexity index is 1080. The molecule has 0 amide bonds. The summed E-state index contributed by atoms with van der Waals surface area (Å²) in [7, 11) is 0. The number of hydrogen-bond donors (Lipinski definition) is 2. The summed E-state index contributed by atoms with van der Waals surface area (Å²) in [5.41, 5.74) is 2.16. The normalized spacial score (nSPS) is 13.6. The van der Waals surface area contributed by atoms with Gasteiger partial charge in [0, 0.05) is 24.4 Å². The van der Waals surface area contributed by atoms with E-state index in [1.165, 1.54) is 25.7 Å². The molecule has 0 saturated heterocycles. The number of pyridine rings is 1. The van der Waals surface area contributed by atoms with Crippen LogP contribution < -0.4 is 4.74 Å². The second-order valence-corrected chi connectivity index (χ2v) is 7.56. The number of nitrogens with zero attached hydrogens (tertiary/aromatic N) is 2. The highest BCUT2D eigenvalue weighted by Crippen LogP contribution is 2.23. The van der Waals surface area contributed by atoms with Gasteiger partial charge in [-0.2, -0.15) is 0 Å². The Balaban J connectivity index is 0.000000282. The van der Waals surface area contributed by atoms with E-state index in [9.17, 15) is 4.79 Å². The number of ether oxygens (including phenoxy) is 1. The summed E-state index contributed by atoms with van der Waals surface area (Å²) >= 11 is 0. The van der Waals surface area contributed by atoms with E-state index in [2.05, 4.69) is 15.0 Å². The lowest BCUT2D eigenvalue weighted by molar-refractivity contribution is 0.103. The second-order valence-electron chi connectivity index (χ2n) is 7.56. The first kappa shape index (κ1) is 20.8. The standard InChI is InChI=1S/C19H13N3O2.C6H12O/c23-18(19-21-15-5-1-2-6-16(15)22-19)13-8-10-14(11-9-13)24-17-7-3-4-12-20-17;7-5-6-3-1-2-4-6/h1-12H,(H,21,22);6-7H,1-5H2. The maximum absolute atomic E-state index is 12.5. The first-order valence-corrected chi connectivity index (χ1v) is 10.5. The predicted molar refractivity (Wildman–Crippen MR) is 119 cm³/mol. The predicted octanol–water partition coefficient (Wildman–Crippen LogP) is 5.15. The molecule has 2 N–H and O–H groups in total. The third-order valence-electron chi connectivity index (χ3n) is 5.31. The summed E-state index contributed by atoms with van der Waals surface area (Å²) in [6.45, 7) is 0.417. The molecule has 1 saturated carbocycles. The van der Waals surface area contributed by atoms with Gasteiger partial charge in [0.15, 0.2) is 5.82 Å². The van der Waals surface area contributed by atoms with Gasteiger partial charge in [0.05, 0.1) is 11.0 Å². The van der Waals surface area contributed by atoms with Crippen molar-refractivity contribution in [3.8, 4) is 11.6 Å². The average molecular weight is 415 g/mol. The van der Waals surface area contributed by atoms with Crippen LogP contribution in [0.3, 0.4) is 0 Å². The zero-order valence-electron chi connectivity index (χ0n) is 17.2. The van der Waals surface area contributed by atoms with Crippen LogP contribution in [0.2, 0.25) is 0 Å². The number of rotatable bonds is 5. The van der Waals surface area contributed by atoms with Gasteiger partial charge in [-0.3, -0.25) is 4.79 Å². The monoisotopic (exact) mass is 415 g/mol. The third kappa shape index (κ3) is 5.35. The molecule has 0 unspecified atom stereocenters. The summed E-state index contributed by atoms with van der Waals surface area (Å²) in [5, 5.41) is 8.57. The SMILES string of the molecule is O=C(c1ccc(Oc2ccccn2)cc1)c1nc2ccccc2[nH]1.OCC1CCCC1. The fourth-order valence-electron chi connectivity index (χ4n) is 3.59. The van der Waals surface area contributed by atoms with Gasteiger partial charge in [-0.05, 0) is 61.2 Å². The molecule has 0 aliphatic heterocycles. The molecule has 6 heteroatoms. The Morgan fingerprint density at radius 1 is 1.00 bits per heavy atom. The number of nitrogens with one attached hydrogen (secondary N) is 1. The van der Waals surface area contributed by atoms with Crippen molar-refractivity contribution in [1.82, 2.24) is 15.0 Å². The number of fused-ring (bicyclic) bond motifs is 1. The smallest absolute Gasteiger partial charge is 0.228 e. The Morgan fingerprint density at radius 2 is 1.74 bits per heavy atom. The number of aromatic amines is 1. The molecule has 1 aliphatic carbocycles. The zero-order valence-corrected chi connectivity index (χ0v) is 17.2. The number of aliphatic hydroxyl groups excluding tert-OH is 1. The van der Waals surface area contributed by atoms with Crippen LogP contribution in [0, 0.1) is 5.92 Å². The molecule has 0 bridgehead atoms. The maximum Gasteiger partial charge on any atom is 0.228 e. The van der Waals surface area contributed by atoms with Gasteiger partial charge in [0.25, 0.3) is 0 Å². The molecule has 2 heterocycles. The van der Waals surface area contributed by atoms with Crippen LogP contribution in [0.25, 0.3) is 11.0 Å². The highest BCUT2D eigenvalue weighted by atomic mass is 16.5. The number of hydrogen-bond acceptors (Lipinski definition) is 5. The number of benzene rings is 2. The summed E-state index contributed by atoms with van der Waals surface area (Å²) in [4.78, 5) is 24.0. The van der Waals surface area contributed by atoms with E-state index in [4.69, 9.17) is 9.84 Å². The Hall–Kier alpha value is -3.51. The molecular weight excluding hydrogens is 390 g/mol. The van der Waals surface area contributed by atoms with E-state index in [0.29, 0.717) is 35.5 Å². The molecule has 4 aromatic rings. The molecule has 1 aliphatic rings. The second kappa shape index (κ2) is 10.00. The Labute approximate surface area is 180 Å². The number of ketones is 1. The quantitative estimate of drug-likeness (QED) is 0.440. The first-order valence-electron chi connectivity index (χ1n) is 10.5. The van der Waals surface area contributed by atoms with Gasteiger partial charge in [-0.15, -0.1) is 0 Å². The Morgan fingerprint density at radius 3 is 2.39 bits per heavy atom. The van der Waals surface area contributed by atoms with Crippen LogP contribution in [0.15, 0.2) is 72.9 Å². The van der Waals surface area contributed by atoms with Crippen LogP contribution in [0.4, 0.5) is 0 Å². The van der Waals surface area contributed by atoms with E-state index >= 15 is 0 Å². The molecule has 0 spiro atoms. The lowest BCUT2D eigenvalue weighted by atomic mass is 10.1. The van der Waals surface area contributed by atoms with E-state index in [1.807, 2.05) is 36.4 Å². The number of para-hydroxylation sites is 2. The van der Waals surface area contributed by atoms with Crippen molar-refractivity contribution in [2.45, 2.75) is 25.7 Å². The first-order chi connectivity index (χ1) is 15.2. The van der Waals surface area contributed by atoms with Crippen molar-refractivity contribution in [2.24, 2.45) is 5.92 Å². The highest BCUT2D eigenvalue weighted by Gasteiger charge is 2.14. The number of imidazole rings is 1. The minimum absolute atomic E-state index is 0.157. The minimum Gasteiger partial charge on any atom is -0.439 e. The number of H-pyrrole nitrogens is 1. The van der Waals surface area contributed by atoms with Crippen LogP contribution in [0.5, 0.6) is 11.6 Å². The number of carbonyl (C=O) groups excluding carboxylic acids is 1. The lowest BCUT2D eigenvalue weighted by Gasteiger charge is -2.04. The van der Waals surface area contributed by atoms with Crippen molar-refractivity contribution in [2.75, 3.05) is 6.61 Å². The molecule has 1 fully saturated rings. The van der Waals surface area contributed by atoms with E-state index < -0.39 is 0 Å². The largest absolute Gasteiger partial charge is 0.439 e. The molecule has 6 nitrogen and oxygen atoms in total. The van der Waals surface area contributed by atoms with Crippen LogP contribution in [-0.4, -0.2) is 32.4 Å². The zero-order chi connectivity index (χ0) is 21.5. The van der Waals surface area contributed by atoms with E-state index in [0.717, 1.165) is 11.0 Å². The van der Waals surface area contributed by atoms with Gasteiger partial charge >= 0.3 is 0 Å². The van der Waals surface area contributed by atoms with E-state index in [1.54, 1.807) is 36.5 Å². The van der Waals surface area contributed by atoms with Crippen molar-refractivity contribution in [3.05, 3.63) is 84.3 Å². The molecule has 0 radical (unpaired) electrons. The summed E-state index contributed by atoms with van der Waals surface area (Å²) in [6.07, 6.45) is 6.86. The van der Waals surface area contributed by atoms with Crippen molar-refractivity contribution in [3.63, 3.8) is 0 Å². The molecule has 2 aromatic heterocycles. The Kier molecular flexibility index (Phi) is 6.69.